The quantitative estimate of drug-likeness (QED) is 0.725. The van der Waals surface area contributed by atoms with Crippen molar-refractivity contribution in [2.45, 2.75) is 26.3 Å². The maximum Gasteiger partial charge on any atom is 0.253 e. The van der Waals surface area contributed by atoms with E-state index in [4.69, 9.17) is 8.94 Å². The fourth-order valence-corrected chi connectivity index (χ4v) is 3.58. The third-order valence-electron chi connectivity index (χ3n) is 5.15. The lowest BCUT2D eigenvalue weighted by molar-refractivity contribution is -0.125. The third-order valence-corrected chi connectivity index (χ3v) is 5.15. The molecule has 0 aliphatic carbocycles. The fourth-order valence-electron chi connectivity index (χ4n) is 3.58. The predicted molar refractivity (Wildman–Crippen MR) is 102 cm³/mol. The number of benzene rings is 1. The van der Waals surface area contributed by atoms with Gasteiger partial charge in [0.25, 0.3) is 5.89 Å². The molecule has 1 N–H and O–H groups in total. The van der Waals surface area contributed by atoms with E-state index in [1.807, 2.05) is 37.3 Å². The summed E-state index contributed by atoms with van der Waals surface area (Å²) in [6, 6.07) is 9.78. The molecule has 0 unspecified atom stereocenters. The van der Waals surface area contributed by atoms with Gasteiger partial charge in [0, 0.05) is 18.5 Å². The standard InChI is InChI=1S/C20H23N5O3/c1-13-17(18(24-28-13)14-6-4-3-5-7-14)20-23-22-16(27-20)12-25-10-8-15(9-11-25)19(26)21-2/h3-7,15H,8-12H2,1-2H3,(H,21,26). The van der Waals surface area contributed by atoms with E-state index in [0.717, 1.165) is 37.1 Å². The molecule has 1 aromatic carbocycles. The van der Waals surface area contributed by atoms with Crippen LogP contribution in [0.15, 0.2) is 39.3 Å². The molecule has 8 heteroatoms. The molecule has 2 aromatic heterocycles. The monoisotopic (exact) mass is 381 g/mol. The van der Waals surface area contributed by atoms with Crippen molar-refractivity contribution in [1.82, 2.24) is 25.6 Å². The topological polar surface area (TPSA) is 97.3 Å². The van der Waals surface area contributed by atoms with Gasteiger partial charge in [0.15, 0.2) is 0 Å². The summed E-state index contributed by atoms with van der Waals surface area (Å²) in [6.45, 7) is 4.06. The second-order valence-corrected chi connectivity index (χ2v) is 6.99. The van der Waals surface area contributed by atoms with Crippen LogP contribution in [-0.2, 0) is 11.3 Å². The number of hydrogen-bond acceptors (Lipinski definition) is 7. The molecule has 1 amide bonds. The number of carbonyl (C=O) groups excluding carboxylic acids is 1. The molecule has 1 saturated heterocycles. The molecule has 1 aliphatic heterocycles. The van der Waals surface area contributed by atoms with E-state index >= 15 is 0 Å². The zero-order valence-electron chi connectivity index (χ0n) is 16.0. The minimum Gasteiger partial charge on any atom is -0.419 e. The van der Waals surface area contributed by atoms with Gasteiger partial charge in [-0.05, 0) is 32.9 Å². The van der Waals surface area contributed by atoms with Crippen molar-refractivity contribution in [3.63, 3.8) is 0 Å². The fraction of sp³-hybridized carbons (Fsp3) is 0.400. The number of nitrogens with zero attached hydrogens (tertiary/aromatic N) is 4. The normalized spacial score (nSPS) is 15.6. The summed E-state index contributed by atoms with van der Waals surface area (Å²) in [5.41, 5.74) is 2.35. The molecule has 4 rings (SSSR count). The first-order chi connectivity index (χ1) is 13.7. The van der Waals surface area contributed by atoms with Crippen LogP contribution in [0.4, 0.5) is 0 Å². The smallest absolute Gasteiger partial charge is 0.253 e. The van der Waals surface area contributed by atoms with Crippen LogP contribution in [0.1, 0.15) is 24.5 Å². The number of piperidine rings is 1. The lowest BCUT2D eigenvalue weighted by atomic mass is 9.96. The van der Waals surface area contributed by atoms with Crippen LogP contribution in [0.5, 0.6) is 0 Å². The number of nitrogens with one attached hydrogen (secondary N) is 1. The van der Waals surface area contributed by atoms with E-state index in [9.17, 15) is 4.79 Å². The van der Waals surface area contributed by atoms with Crippen molar-refractivity contribution < 1.29 is 13.7 Å². The Bertz CT molecular complexity index is 942. The maximum absolute atomic E-state index is 11.8. The molecule has 0 atom stereocenters. The summed E-state index contributed by atoms with van der Waals surface area (Å²) in [7, 11) is 1.69. The average Bonchev–Trinajstić information content (AvgIpc) is 3.34. The second kappa shape index (κ2) is 7.93. The van der Waals surface area contributed by atoms with Crippen molar-refractivity contribution in [1.29, 1.82) is 0 Å². The van der Waals surface area contributed by atoms with Crippen molar-refractivity contribution >= 4 is 5.91 Å². The molecule has 28 heavy (non-hydrogen) atoms. The second-order valence-electron chi connectivity index (χ2n) is 6.99. The van der Waals surface area contributed by atoms with E-state index in [-0.39, 0.29) is 11.8 Å². The Kier molecular flexibility index (Phi) is 5.21. The lowest BCUT2D eigenvalue weighted by Crippen LogP contribution is -2.39. The molecule has 0 saturated carbocycles. The van der Waals surface area contributed by atoms with Crippen LogP contribution in [0, 0.1) is 12.8 Å². The van der Waals surface area contributed by atoms with Crippen LogP contribution in [0.25, 0.3) is 22.7 Å². The van der Waals surface area contributed by atoms with Crippen molar-refractivity contribution in [3.05, 3.63) is 42.0 Å². The zero-order valence-corrected chi connectivity index (χ0v) is 16.0. The van der Waals surface area contributed by atoms with Gasteiger partial charge in [-0.2, -0.15) is 0 Å². The van der Waals surface area contributed by atoms with Gasteiger partial charge in [-0.3, -0.25) is 9.69 Å². The molecule has 146 valence electrons. The molecular formula is C20H23N5O3. The van der Waals surface area contributed by atoms with E-state index < -0.39 is 0 Å². The average molecular weight is 381 g/mol. The van der Waals surface area contributed by atoms with Gasteiger partial charge < -0.3 is 14.3 Å². The number of amides is 1. The van der Waals surface area contributed by atoms with Gasteiger partial charge in [0.2, 0.25) is 11.8 Å². The highest BCUT2D eigenvalue weighted by atomic mass is 16.5. The van der Waals surface area contributed by atoms with Crippen LogP contribution in [0.2, 0.25) is 0 Å². The minimum absolute atomic E-state index is 0.0904. The molecule has 0 spiro atoms. The highest BCUT2D eigenvalue weighted by Gasteiger charge is 2.26. The molecule has 8 nitrogen and oxygen atoms in total. The number of carbonyl (C=O) groups is 1. The van der Waals surface area contributed by atoms with Gasteiger partial charge in [-0.25, -0.2) is 0 Å². The number of hydrogen-bond donors (Lipinski definition) is 1. The minimum atomic E-state index is 0.0904. The first-order valence-corrected chi connectivity index (χ1v) is 9.44. The van der Waals surface area contributed by atoms with Crippen LogP contribution >= 0.6 is 0 Å². The Balaban J connectivity index is 1.48. The third kappa shape index (κ3) is 3.68. The van der Waals surface area contributed by atoms with Gasteiger partial charge >= 0.3 is 0 Å². The summed E-state index contributed by atoms with van der Waals surface area (Å²) >= 11 is 0. The molecule has 1 aliphatic rings. The Morgan fingerprint density at radius 3 is 2.68 bits per heavy atom. The first kappa shape index (κ1) is 18.4. The Hall–Kier alpha value is -3.00. The highest BCUT2D eigenvalue weighted by Crippen LogP contribution is 2.33. The number of rotatable bonds is 5. The summed E-state index contributed by atoms with van der Waals surface area (Å²) in [5.74, 6) is 1.81. The molecule has 1 fully saturated rings. The molecule has 0 radical (unpaired) electrons. The molecule has 0 bridgehead atoms. The molecule has 3 heterocycles. The van der Waals surface area contributed by atoms with Crippen molar-refractivity contribution in [2.75, 3.05) is 20.1 Å². The van der Waals surface area contributed by atoms with Gasteiger partial charge in [0.05, 0.1) is 6.54 Å². The summed E-state index contributed by atoms with van der Waals surface area (Å²) in [5, 5.41) is 15.3. The zero-order chi connectivity index (χ0) is 19.5. The summed E-state index contributed by atoms with van der Waals surface area (Å²) < 4.78 is 11.3. The Morgan fingerprint density at radius 2 is 1.96 bits per heavy atom. The number of aryl methyl sites for hydroxylation is 1. The van der Waals surface area contributed by atoms with Gasteiger partial charge in [-0.1, -0.05) is 35.5 Å². The van der Waals surface area contributed by atoms with Crippen molar-refractivity contribution in [2.24, 2.45) is 5.92 Å². The summed E-state index contributed by atoms with van der Waals surface area (Å²) in [6.07, 6.45) is 1.67. The Morgan fingerprint density at radius 1 is 1.21 bits per heavy atom. The Labute approximate surface area is 162 Å². The lowest BCUT2D eigenvalue weighted by Gasteiger charge is -2.29. The highest BCUT2D eigenvalue weighted by molar-refractivity contribution is 5.78. The van der Waals surface area contributed by atoms with E-state index in [0.29, 0.717) is 29.8 Å². The summed E-state index contributed by atoms with van der Waals surface area (Å²) in [4.78, 5) is 14.0. The van der Waals surface area contributed by atoms with Crippen LogP contribution in [0.3, 0.4) is 0 Å². The largest absolute Gasteiger partial charge is 0.419 e. The molecule has 3 aromatic rings. The van der Waals surface area contributed by atoms with E-state index in [2.05, 4.69) is 25.6 Å². The van der Waals surface area contributed by atoms with Gasteiger partial charge in [-0.15, -0.1) is 10.2 Å². The number of aromatic nitrogens is 3. The molecular weight excluding hydrogens is 358 g/mol. The van der Waals surface area contributed by atoms with Gasteiger partial charge in [0.1, 0.15) is 17.0 Å². The van der Waals surface area contributed by atoms with E-state index in [1.54, 1.807) is 7.05 Å². The predicted octanol–water partition coefficient (Wildman–Crippen LogP) is 2.66. The van der Waals surface area contributed by atoms with Crippen molar-refractivity contribution in [3.8, 4) is 22.7 Å². The first-order valence-electron chi connectivity index (χ1n) is 9.44. The van der Waals surface area contributed by atoms with Crippen LogP contribution < -0.4 is 5.32 Å². The maximum atomic E-state index is 11.8. The van der Waals surface area contributed by atoms with Crippen LogP contribution in [-0.4, -0.2) is 46.3 Å². The number of likely N-dealkylation sites (tertiary alicyclic amines) is 1. The SMILES string of the molecule is CNC(=O)C1CCN(Cc2nnc(-c3c(-c4ccccc4)noc3C)o2)CC1. The van der Waals surface area contributed by atoms with E-state index in [1.165, 1.54) is 0 Å².